The van der Waals surface area contributed by atoms with E-state index in [-0.39, 0.29) is 72.3 Å². The third kappa shape index (κ3) is 4.58. The Morgan fingerprint density at radius 2 is 1.95 bits per heavy atom. The number of aryl methyl sites for hydroxylation is 1. The van der Waals surface area contributed by atoms with E-state index in [0.29, 0.717) is 13.0 Å². The van der Waals surface area contributed by atoms with E-state index in [0.717, 1.165) is 25.0 Å². The van der Waals surface area contributed by atoms with Crippen molar-refractivity contribution < 1.29 is 40.6 Å². The summed E-state index contributed by atoms with van der Waals surface area (Å²) in [5.74, 6) is -1.08. The van der Waals surface area contributed by atoms with Crippen molar-refractivity contribution in [2.75, 3.05) is 43.6 Å². The first-order valence-corrected chi connectivity index (χ1v) is 14.0. The van der Waals surface area contributed by atoms with Gasteiger partial charge in [0.2, 0.25) is 5.88 Å². The number of nitrogen functional groups attached to an aromatic ring is 1. The molecule has 0 unspecified atom stereocenters. The normalized spacial score (nSPS) is 24.3. The van der Waals surface area contributed by atoms with Crippen LogP contribution in [0.5, 0.6) is 11.9 Å². The van der Waals surface area contributed by atoms with E-state index in [1.165, 1.54) is 6.92 Å². The number of anilines is 2. The van der Waals surface area contributed by atoms with Crippen LogP contribution >= 0.6 is 0 Å². The molecule has 7 rings (SSSR count). The third-order valence-electron chi connectivity index (χ3n) is 8.82. The molecule has 3 N–H and O–H groups in total. The highest BCUT2D eigenvalue weighted by molar-refractivity contribution is 5.97. The maximum absolute atomic E-state index is 16.5. The van der Waals surface area contributed by atoms with Gasteiger partial charge >= 0.3 is 12.2 Å². The molecular formula is C28H28F6N6O3. The van der Waals surface area contributed by atoms with E-state index < -0.39 is 52.8 Å². The standard InChI is InChI=1S/C28H28F6N6O3/c1-12-6-13(35)7-15(19(12)28(32,33)34)21-20(29)22-18-23(39-26(38-22)43-11-27(25(30)31)9-41-10-27)40-8-14-2-3-16(36-14)17(40)4-5-42-24(18)37-21/h6-7,14,16-17,25,36H,2-5,8-11,35H2,1H3/t14-,16+,17-/m1/s1. The summed E-state index contributed by atoms with van der Waals surface area (Å²) in [5, 5.41) is 3.65. The number of aromatic nitrogens is 3. The maximum Gasteiger partial charge on any atom is 0.417 e. The van der Waals surface area contributed by atoms with Gasteiger partial charge in [0.1, 0.15) is 34.4 Å². The van der Waals surface area contributed by atoms with Gasteiger partial charge in [0, 0.05) is 42.3 Å². The van der Waals surface area contributed by atoms with Crippen LogP contribution in [-0.2, 0) is 10.9 Å². The molecule has 0 saturated carbocycles. The molecule has 230 valence electrons. The predicted molar refractivity (Wildman–Crippen MR) is 143 cm³/mol. The van der Waals surface area contributed by atoms with E-state index >= 15 is 4.39 Å². The molecule has 0 amide bonds. The molecule has 2 bridgehead atoms. The molecule has 2 aromatic heterocycles. The monoisotopic (exact) mass is 610 g/mol. The Labute approximate surface area is 241 Å². The topological polar surface area (TPSA) is 108 Å². The molecule has 15 heteroatoms. The number of hydrogen-bond acceptors (Lipinski definition) is 9. The largest absolute Gasteiger partial charge is 0.477 e. The minimum absolute atomic E-state index is 0.0167. The summed E-state index contributed by atoms with van der Waals surface area (Å²) < 4.78 is 104. The van der Waals surface area contributed by atoms with Crippen molar-refractivity contribution in [3.8, 4) is 23.1 Å². The number of ether oxygens (including phenoxy) is 3. The fraction of sp³-hybridized carbons (Fsp3) is 0.536. The summed E-state index contributed by atoms with van der Waals surface area (Å²) in [6.07, 6.45) is -5.25. The Morgan fingerprint density at radius 3 is 2.65 bits per heavy atom. The van der Waals surface area contributed by atoms with E-state index in [1.807, 2.05) is 4.90 Å². The summed E-state index contributed by atoms with van der Waals surface area (Å²) >= 11 is 0. The van der Waals surface area contributed by atoms with Crippen LogP contribution in [-0.4, -0.2) is 72.5 Å². The van der Waals surface area contributed by atoms with Gasteiger partial charge in [-0.2, -0.15) is 23.1 Å². The molecule has 6 heterocycles. The first kappa shape index (κ1) is 28.2. The van der Waals surface area contributed by atoms with Gasteiger partial charge in [-0.15, -0.1) is 0 Å². The number of fused-ring (bicyclic) bond motifs is 5. The van der Waals surface area contributed by atoms with Crippen LogP contribution < -0.4 is 25.4 Å². The average molecular weight is 611 g/mol. The number of piperazine rings is 1. The minimum atomic E-state index is -4.85. The fourth-order valence-corrected chi connectivity index (χ4v) is 6.65. The molecule has 3 saturated heterocycles. The number of alkyl halides is 5. The number of nitrogens with zero attached hydrogens (tertiary/aromatic N) is 4. The zero-order valence-corrected chi connectivity index (χ0v) is 23.0. The zero-order valence-electron chi connectivity index (χ0n) is 23.0. The summed E-state index contributed by atoms with van der Waals surface area (Å²) in [6, 6.07) is 1.91. The second kappa shape index (κ2) is 9.97. The van der Waals surface area contributed by atoms with Crippen molar-refractivity contribution in [2.24, 2.45) is 5.41 Å². The van der Waals surface area contributed by atoms with Crippen LogP contribution in [0.2, 0.25) is 0 Å². The molecule has 4 aliphatic heterocycles. The Balaban J connectivity index is 1.45. The Hall–Kier alpha value is -3.59. The Morgan fingerprint density at radius 1 is 1.16 bits per heavy atom. The molecule has 3 atom stereocenters. The van der Waals surface area contributed by atoms with Crippen molar-refractivity contribution in [1.29, 1.82) is 0 Å². The van der Waals surface area contributed by atoms with Crippen LogP contribution in [0.1, 0.15) is 30.4 Å². The number of nitrogens with two attached hydrogens (primary N) is 1. The summed E-state index contributed by atoms with van der Waals surface area (Å²) in [7, 11) is 0. The predicted octanol–water partition coefficient (Wildman–Crippen LogP) is 4.49. The van der Waals surface area contributed by atoms with Gasteiger partial charge in [-0.1, -0.05) is 0 Å². The van der Waals surface area contributed by atoms with E-state index in [4.69, 9.17) is 19.9 Å². The number of rotatable bonds is 5. The van der Waals surface area contributed by atoms with Gasteiger partial charge in [0.15, 0.2) is 5.82 Å². The average Bonchev–Trinajstić information content (AvgIpc) is 3.29. The highest BCUT2D eigenvalue weighted by Crippen LogP contribution is 2.46. The zero-order chi connectivity index (χ0) is 30.3. The van der Waals surface area contributed by atoms with Crippen LogP contribution in [0.25, 0.3) is 22.2 Å². The van der Waals surface area contributed by atoms with Crippen molar-refractivity contribution in [3.05, 3.63) is 29.1 Å². The molecule has 3 aromatic rings. The highest BCUT2D eigenvalue weighted by atomic mass is 19.4. The van der Waals surface area contributed by atoms with Gasteiger partial charge in [0.05, 0.1) is 25.4 Å². The van der Waals surface area contributed by atoms with E-state index in [9.17, 15) is 22.0 Å². The lowest BCUT2D eigenvalue weighted by Gasteiger charge is -2.43. The van der Waals surface area contributed by atoms with Crippen molar-refractivity contribution in [2.45, 2.75) is 56.9 Å². The lowest BCUT2D eigenvalue weighted by atomic mass is 9.88. The van der Waals surface area contributed by atoms with Crippen molar-refractivity contribution in [3.63, 3.8) is 0 Å². The molecule has 43 heavy (non-hydrogen) atoms. The fourth-order valence-electron chi connectivity index (χ4n) is 6.65. The number of benzene rings is 1. The molecular weight excluding hydrogens is 582 g/mol. The van der Waals surface area contributed by atoms with Gasteiger partial charge < -0.3 is 30.2 Å². The Kier molecular flexibility index (Phi) is 6.54. The lowest BCUT2D eigenvalue weighted by Crippen LogP contribution is -2.59. The second-order valence-electron chi connectivity index (χ2n) is 11.7. The molecule has 1 aromatic carbocycles. The van der Waals surface area contributed by atoms with Gasteiger partial charge in [0.25, 0.3) is 6.43 Å². The number of halogens is 6. The van der Waals surface area contributed by atoms with Crippen molar-refractivity contribution >= 4 is 22.4 Å². The summed E-state index contributed by atoms with van der Waals surface area (Å²) in [4.78, 5) is 15.1. The molecule has 0 spiro atoms. The Bertz CT molecular complexity index is 1600. The van der Waals surface area contributed by atoms with Crippen molar-refractivity contribution in [1.82, 2.24) is 20.3 Å². The van der Waals surface area contributed by atoms with Crippen LogP contribution in [0.15, 0.2) is 12.1 Å². The summed E-state index contributed by atoms with van der Waals surface area (Å²) in [5.41, 5.74) is 1.38. The van der Waals surface area contributed by atoms with E-state index in [1.54, 1.807) is 0 Å². The third-order valence-corrected chi connectivity index (χ3v) is 8.82. The molecule has 4 aliphatic rings. The second-order valence-corrected chi connectivity index (χ2v) is 11.7. The SMILES string of the molecule is Cc1cc(N)cc(-c2nc3c4c(nc(OCC5(C(F)F)COC5)nc4c2F)N2C[C@H]4CC[C@H](N4)[C@H]2CCO3)c1C(F)(F)F. The molecule has 9 nitrogen and oxygen atoms in total. The first-order chi connectivity index (χ1) is 20.4. The number of pyridine rings is 1. The lowest BCUT2D eigenvalue weighted by molar-refractivity contribution is -0.199. The maximum atomic E-state index is 16.5. The number of hydrogen-bond donors (Lipinski definition) is 2. The van der Waals surface area contributed by atoms with Crippen LogP contribution in [0.4, 0.5) is 37.8 Å². The molecule has 3 fully saturated rings. The highest BCUT2D eigenvalue weighted by Gasteiger charge is 2.49. The van der Waals surface area contributed by atoms with Crippen LogP contribution in [0.3, 0.4) is 0 Å². The smallest absolute Gasteiger partial charge is 0.417 e. The molecule has 0 aliphatic carbocycles. The number of nitrogens with one attached hydrogen (secondary N) is 1. The van der Waals surface area contributed by atoms with E-state index in [2.05, 4.69) is 20.3 Å². The van der Waals surface area contributed by atoms with Gasteiger partial charge in [-0.3, -0.25) is 0 Å². The minimum Gasteiger partial charge on any atom is -0.477 e. The van der Waals surface area contributed by atoms with Gasteiger partial charge in [-0.05, 0) is 37.5 Å². The quantitative estimate of drug-likeness (QED) is 0.319. The summed E-state index contributed by atoms with van der Waals surface area (Å²) in [6.45, 7) is 0.936. The van der Waals surface area contributed by atoms with Crippen LogP contribution in [0, 0.1) is 18.2 Å². The van der Waals surface area contributed by atoms with Gasteiger partial charge in [-0.25, -0.2) is 18.2 Å². The first-order valence-electron chi connectivity index (χ1n) is 14.0. The molecule has 0 radical (unpaired) electrons.